The molecule has 0 saturated heterocycles. The fourth-order valence-electron chi connectivity index (χ4n) is 2.07. The Hall–Kier alpha value is -1.72. The summed E-state index contributed by atoms with van der Waals surface area (Å²) in [6, 6.07) is 4.27. The van der Waals surface area contributed by atoms with Crippen LogP contribution in [0.4, 0.5) is 5.69 Å². The van der Waals surface area contributed by atoms with Gasteiger partial charge in [-0.1, -0.05) is 23.2 Å². The molecular weight excluding hydrogens is 313 g/mol. The molecule has 0 atom stereocenters. The van der Waals surface area contributed by atoms with Crippen LogP contribution in [0.5, 0.6) is 0 Å². The highest BCUT2D eigenvalue weighted by Gasteiger charge is 2.12. The van der Waals surface area contributed by atoms with E-state index >= 15 is 0 Å². The molecule has 0 spiro atoms. The van der Waals surface area contributed by atoms with Gasteiger partial charge in [0.15, 0.2) is 0 Å². The minimum absolute atomic E-state index is 0.170. The van der Waals surface area contributed by atoms with Gasteiger partial charge in [0.25, 0.3) is 5.56 Å². The SMILES string of the molecule is CC(C)n1c(=O)ccn(Cc2c(Cl)cc(N)cc2Cl)c1=O. The first-order valence-electron chi connectivity index (χ1n) is 6.36. The molecule has 0 amide bonds. The first kappa shape index (κ1) is 15.7. The molecule has 0 bridgehead atoms. The van der Waals surface area contributed by atoms with Gasteiger partial charge in [-0.05, 0) is 26.0 Å². The Morgan fingerprint density at radius 1 is 1.19 bits per heavy atom. The normalized spacial score (nSPS) is 11.1. The van der Waals surface area contributed by atoms with Crippen LogP contribution >= 0.6 is 23.2 Å². The van der Waals surface area contributed by atoms with Gasteiger partial charge >= 0.3 is 5.69 Å². The van der Waals surface area contributed by atoms with Crippen molar-refractivity contribution in [3.8, 4) is 0 Å². The van der Waals surface area contributed by atoms with Gasteiger partial charge in [-0.2, -0.15) is 0 Å². The lowest BCUT2D eigenvalue weighted by molar-refractivity contribution is 0.512. The zero-order valence-electron chi connectivity index (χ0n) is 11.6. The number of nitrogens with zero attached hydrogens (tertiary/aromatic N) is 2. The molecule has 0 fully saturated rings. The van der Waals surface area contributed by atoms with E-state index in [9.17, 15) is 9.59 Å². The molecule has 7 heteroatoms. The van der Waals surface area contributed by atoms with E-state index in [4.69, 9.17) is 28.9 Å². The second kappa shape index (κ2) is 5.95. The molecule has 0 aliphatic rings. The maximum atomic E-state index is 12.3. The molecule has 0 aliphatic carbocycles. The van der Waals surface area contributed by atoms with Crippen molar-refractivity contribution in [3.05, 3.63) is 60.8 Å². The fourth-order valence-corrected chi connectivity index (χ4v) is 2.69. The first-order chi connectivity index (χ1) is 9.81. The van der Waals surface area contributed by atoms with Gasteiger partial charge in [-0.25, -0.2) is 4.79 Å². The molecule has 0 unspecified atom stereocenters. The number of rotatable bonds is 3. The summed E-state index contributed by atoms with van der Waals surface area (Å²) in [5.74, 6) is 0. The van der Waals surface area contributed by atoms with Crippen LogP contribution in [0.3, 0.4) is 0 Å². The van der Waals surface area contributed by atoms with Crippen molar-refractivity contribution >= 4 is 28.9 Å². The molecule has 0 saturated carbocycles. The van der Waals surface area contributed by atoms with Crippen LogP contribution < -0.4 is 17.0 Å². The zero-order valence-corrected chi connectivity index (χ0v) is 13.1. The fraction of sp³-hybridized carbons (Fsp3) is 0.286. The standard InChI is InChI=1S/C14H15Cl2N3O2/c1-8(2)19-13(20)3-4-18(14(19)21)7-10-11(15)5-9(17)6-12(10)16/h3-6,8H,7,17H2,1-2H3. The summed E-state index contributed by atoms with van der Waals surface area (Å²) >= 11 is 12.2. The van der Waals surface area contributed by atoms with Crippen LogP contribution in [-0.4, -0.2) is 9.13 Å². The van der Waals surface area contributed by atoms with Gasteiger partial charge in [0.2, 0.25) is 0 Å². The summed E-state index contributed by atoms with van der Waals surface area (Å²) in [5, 5.41) is 0.767. The van der Waals surface area contributed by atoms with Crippen LogP contribution in [0.1, 0.15) is 25.5 Å². The number of halogens is 2. The van der Waals surface area contributed by atoms with Crippen molar-refractivity contribution in [2.75, 3.05) is 5.73 Å². The summed E-state index contributed by atoms with van der Waals surface area (Å²) in [6.07, 6.45) is 1.44. The second-order valence-electron chi connectivity index (χ2n) is 4.99. The second-order valence-corrected chi connectivity index (χ2v) is 5.81. The number of nitrogen functional groups attached to an aromatic ring is 1. The zero-order chi connectivity index (χ0) is 15.7. The Kier molecular flexibility index (Phi) is 4.44. The molecular formula is C14H15Cl2N3O2. The van der Waals surface area contributed by atoms with E-state index in [0.717, 1.165) is 0 Å². The van der Waals surface area contributed by atoms with Crippen molar-refractivity contribution in [1.29, 1.82) is 0 Å². The summed E-state index contributed by atoms with van der Waals surface area (Å²) in [6.45, 7) is 3.72. The third-order valence-electron chi connectivity index (χ3n) is 3.09. The van der Waals surface area contributed by atoms with Crippen LogP contribution in [0.15, 0.2) is 34.0 Å². The lowest BCUT2D eigenvalue weighted by Crippen LogP contribution is -2.40. The molecule has 0 radical (unpaired) electrons. The Balaban J connectivity index is 2.54. The molecule has 112 valence electrons. The smallest absolute Gasteiger partial charge is 0.331 e. The first-order valence-corrected chi connectivity index (χ1v) is 7.12. The monoisotopic (exact) mass is 327 g/mol. The van der Waals surface area contributed by atoms with E-state index in [0.29, 0.717) is 21.3 Å². The third kappa shape index (κ3) is 3.14. The van der Waals surface area contributed by atoms with Crippen molar-refractivity contribution in [2.24, 2.45) is 0 Å². The van der Waals surface area contributed by atoms with E-state index in [-0.39, 0.29) is 18.1 Å². The predicted octanol–water partition coefficient (Wildman–Crippen LogP) is 2.53. The van der Waals surface area contributed by atoms with Crippen molar-refractivity contribution in [1.82, 2.24) is 9.13 Å². The lowest BCUT2D eigenvalue weighted by Gasteiger charge is -2.14. The minimum atomic E-state index is -0.401. The van der Waals surface area contributed by atoms with Gasteiger partial charge < -0.3 is 5.73 Å². The average molecular weight is 328 g/mol. The maximum absolute atomic E-state index is 12.3. The Morgan fingerprint density at radius 3 is 2.29 bits per heavy atom. The van der Waals surface area contributed by atoms with Crippen molar-refractivity contribution in [2.45, 2.75) is 26.4 Å². The average Bonchev–Trinajstić information content (AvgIpc) is 2.35. The van der Waals surface area contributed by atoms with Crippen molar-refractivity contribution < 1.29 is 0 Å². The highest BCUT2D eigenvalue weighted by atomic mass is 35.5. The summed E-state index contributed by atoms with van der Waals surface area (Å²) in [5.41, 5.74) is 5.96. The Morgan fingerprint density at radius 2 is 1.76 bits per heavy atom. The van der Waals surface area contributed by atoms with E-state index < -0.39 is 5.69 Å². The van der Waals surface area contributed by atoms with Gasteiger partial charge in [0.1, 0.15) is 0 Å². The lowest BCUT2D eigenvalue weighted by atomic mass is 10.2. The Bertz CT molecular complexity index is 771. The molecule has 2 aromatic rings. The number of aromatic nitrogens is 2. The van der Waals surface area contributed by atoms with E-state index in [2.05, 4.69) is 0 Å². The number of hydrogen-bond donors (Lipinski definition) is 1. The number of nitrogens with two attached hydrogens (primary N) is 1. The largest absolute Gasteiger partial charge is 0.399 e. The Labute approximate surface area is 131 Å². The molecule has 2 N–H and O–H groups in total. The highest BCUT2D eigenvalue weighted by molar-refractivity contribution is 6.36. The molecule has 2 rings (SSSR count). The predicted molar refractivity (Wildman–Crippen MR) is 85.3 cm³/mol. The minimum Gasteiger partial charge on any atom is -0.399 e. The van der Waals surface area contributed by atoms with Gasteiger partial charge in [0, 0.05) is 39.6 Å². The molecule has 1 heterocycles. The van der Waals surface area contributed by atoms with E-state index in [1.807, 2.05) is 0 Å². The number of anilines is 1. The maximum Gasteiger partial charge on any atom is 0.331 e. The molecule has 1 aromatic heterocycles. The topological polar surface area (TPSA) is 70.0 Å². The van der Waals surface area contributed by atoms with E-state index in [1.165, 1.54) is 21.4 Å². The number of benzene rings is 1. The molecule has 1 aromatic carbocycles. The molecule has 5 nitrogen and oxygen atoms in total. The van der Waals surface area contributed by atoms with Crippen LogP contribution in [0.2, 0.25) is 10.0 Å². The van der Waals surface area contributed by atoms with Gasteiger partial charge in [-0.3, -0.25) is 13.9 Å². The number of hydrogen-bond acceptors (Lipinski definition) is 3. The molecule has 0 aliphatic heterocycles. The van der Waals surface area contributed by atoms with Crippen molar-refractivity contribution in [3.63, 3.8) is 0 Å². The summed E-state index contributed by atoms with van der Waals surface area (Å²) < 4.78 is 2.57. The van der Waals surface area contributed by atoms with Crippen LogP contribution in [0.25, 0.3) is 0 Å². The summed E-state index contributed by atoms with van der Waals surface area (Å²) in [4.78, 5) is 24.1. The quantitative estimate of drug-likeness (QED) is 0.880. The van der Waals surface area contributed by atoms with Crippen LogP contribution in [0, 0.1) is 0 Å². The molecule has 21 heavy (non-hydrogen) atoms. The third-order valence-corrected chi connectivity index (χ3v) is 3.77. The highest BCUT2D eigenvalue weighted by Crippen LogP contribution is 2.28. The van der Waals surface area contributed by atoms with Gasteiger partial charge in [0.05, 0.1) is 6.54 Å². The summed E-state index contributed by atoms with van der Waals surface area (Å²) in [7, 11) is 0. The van der Waals surface area contributed by atoms with Crippen LogP contribution in [-0.2, 0) is 6.54 Å². The van der Waals surface area contributed by atoms with E-state index in [1.54, 1.807) is 26.0 Å². The van der Waals surface area contributed by atoms with Gasteiger partial charge in [-0.15, -0.1) is 0 Å².